The lowest BCUT2D eigenvalue weighted by Crippen LogP contribution is -2.12. The molecule has 0 amide bonds. The van der Waals surface area contributed by atoms with E-state index in [1.54, 1.807) is 4.52 Å². The minimum atomic E-state index is 0.0855. The summed E-state index contributed by atoms with van der Waals surface area (Å²) in [5.41, 5.74) is 1.94. The van der Waals surface area contributed by atoms with Gasteiger partial charge in [0, 0.05) is 11.8 Å². The Hall–Kier alpha value is -2.08. The molecule has 1 N–H and O–H groups in total. The summed E-state index contributed by atoms with van der Waals surface area (Å²) in [6.45, 7) is 0.593. The van der Waals surface area contributed by atoms with Gasteiger partial charge in [-0.1, -0.05) is 18.2 Å². The molecule has 0 aliphatic carbocycles. The Labute approximate surface area is 123 Å². The first-order valence-electron chi connectivity index (χ1n) is 6.30. The van der Waals surface area contributed by atoms with Crippen molar-refractivity contribution in [2.45, 2.75) is 6.04 Å². The van der Waals surface area contributed by atoms with Gasteiger partial charge in [0.15, 0.2) is 5.65 Å². The molecule has 0 bridgehead atoms. The molecule has 1 aliphatic heterocycles. The van der Waals surface area contributed by atoms with Crippen molar-refractivity contribution >= 4 is 27.5 Å². The highest BCUT2D eigenvalue weighted by molar-refractivity contribution is 9.10. The first kappa shape index (κ1) is 11.7. The predicted molar refractivity (Wildman–Crippen MR) is 79.0 cm³/mol. The predicted octanol–water partition coefficient (Wildman–Crippen LogP) is 3.04. The van der Waals surface area contributed by atoms with Gasteiger partial charge in [0.05, 0.1) is 10.5 Å². The number of fused-ring (bicyclic) bond motifs is 2. The number of pyridine rings is 1. The zero-order chi connectivity index (χ0) is 13.5. The number of benzene rings is 1. The zero-order valence-corrected chi connectivity index (χ0v) is 12.0. The van der Waals surface area contributed by atoms with Crippen LogP contribution in [0.2, 0.25) is 0 Å². The van der Waals surface area contributed by atoms with Crippen LogP contribution in [-0.2, 0) is 0 Å². The van der Waals surface area contributed by atoms with Crippen LogP contribution in [0.5, 0.6) is 5.75 Å². The summed E-state index contributed by atoms with van der Waals surface area (Å²) >= 11 is 3.47. The average Bonchev–Trinajstić information content (AvgIpc) is 3.05. The second-order valence-corrected chi connectivity index (χ2v) is 5.46. The Kier molecular flexibility index (Phi) is 2.63. The summed E-state index contributed by atoms with van der Waals surface area (Å²) in [5.74, 6) is 1.53. The molecule has 1 unspecified atom stereocenters. The highest BCUT2D eigenvalue weighted by Gasteiger charge is 2.24. The van der Waals surface area contributed by atoms with Gasteiger partial charge in [-0.25, -0.2) is 4.52 Å². The van der Waals surface area contributed by atoms with Crippen LogP contribution < -0.4 is 10.1 Å². The fraction of sp³-hybridized carbons (Fsp3) is 0.143. The van der Waals surface area contributed by atoms with Gasteiger partial charge < -0.3 is 10.1 Å². The number of aromatic nitrogens is 3. The number of hydrogen-bond donors (Lipinski definition) is 1. The number of rotatable bonds is 2. The third-order valence-electron chi connectivity index (χ3n) is 3.32. The number of para-hydroxylation sites is 1. The zero-order valence-electron chi connectivity index (χ0n) is 10.5. The van der Waals surface area contributed by atoms with Crippen molar-refractivity contribution in [2.75, 3.05) is 11.9 Å². The van der Waals surface area contributed by atoms with Gasteiger partial charge in [-0.2, -0.15) is 4.98 Å². The van der Waals surface area contributed by atoms with Crippen LogP contribution in [0.3, 0.4) is 0 Å². The lowest BCUT2D eigenvalue weighted by atomic mass is 10.1. The third-order valence-corrected chi connectivity index (χ3v) is 3.94. The molecule has 3 aromatic rings. The Morgan fingerprint density at radius 3 is 3.05 bits per heavy atom. The molecule has 0 saturated carbocycles. The molecule has 1 aliphatic rings. The summed E-state index contributed by atoms with van der Waals surface area (Å²) in [7, 11) is 0. The number of nitrogens with zero attached hydrogens (tertiary/aromatic N) is 3. The standard InChI is InChI=1S/C14H11BrN4O/c15-10-5-3-7-19-13(10)17-14(18-19)16-11-8-20-12-6-2-1-4-9(11)12/h1-7,11H,8H2,(H,16,18). The minimum absolute atomic E-state index is 0.0855. The van der Waals surface area contributed by atoms with Crippen molar-refractivity contribution in [3.63, 3.8) is 0 Å². The molecule has 20 heavy (non-hydrogen) atoms. The van der Waals surface area contributed by atoms with Crippen molar-refractivity contribution < 1.29 is 4.74 Å². The van der Waals surface area contributed by atoms with Crippen molar-refractivity contribution in [3.8, 4) is 5.75 Å². The number of nitrogens with one attached hydrogen (secondary N) is 1. The van der Waals surface area contributed by atoms with Gasteiger partial charge >= 0.3 is 0 Å². The fourth-order valence-electron chi connectivity index (χ4n) is 2.37. The van der Waals surface area contributed by atoms with Crippen molar-refractivity contribution in [2.24, 2.45) is 0 Å². The van der Waals surface area contributed by atoms with Crippen LogP contribution >= 0.6 is 15.9 Å². The summed E-state index contributed by atoms with van der Waals surface area (Å²) in [6.07, 6.45) is 1.87. The molecule has 2 aromatic heterocycles. The van der Waals surface area contributed by atoms with Crippen LogP contribution in [0.4, 0.5) is 5.95 Å². The maximum absolute atomic E-state index is 5.65. The summed E-state index contributed by atoms with van der Waals surface area (Å²) < 4.78 is 8.31. The van der Waals surface area contributed by atoms with E-state index in [9.17, 15) is 0 Å². The van der Waals surface area contributed by atoms with Crippen LogP contribution in [0.1, 0.15) is 11.6 Å². The van der Waals surface area contributed by atoms with Gasteiger partial charge in [-0.3, -0.25) is 0 Å². The van der Waals surface area contributed by atoms with Gasteiger partial charge in [0.1, 0.15) is 12.4 Å². The maximum atomic E-state index is 5.65. The van der Waals surface area contributed by atoms with E-state index in [4.69, 9.17) is 4.74 Å². The number of hydrogen-bond acceptors (Lipinski definition) is 4. The molecular weight excluding hydrogens is 320 g/mol. The monoisotopic (exact) mass is 330 g/mol. The number of ether oxygens (including phenoxy) is 1. The van der Waals surface area contributed by atoms with E-state index < -0.39 is 0 Å². The molecule has 100 valence electrons. The molecule has 0 saturated heterocycles. The molecule has 4 rings (SSSR count). The summed E-state index contributed by atoms with van der Waals surface area (Å²) in [5, 5.41) is 7.74. The van der Waals surface area contributed by atoms with E-state index in [0.29, 0.717) is 12.6 Å². The van der Waals surface area contributed by atoms with E-state index in [1.165, 1.54) is 0 Å². The molecule has 3 heterocycles. The molecule has 0 radical (unpaired) electrons. The first-order valence-corrected chi connectivity index (χ1v) is 7.10. The lowest BCUT2D eigenvalue weighted by Gasteiger charge is -2.08. The second-order valence-electron chi connectivity index (χ2n) is 4.61. The van der Waals surface area contributed by atoms with Crippen molar-refractivity contribution in [1.29, 1.82) is 0 Å². The van der Waals surface area contributed by atoms with Gasteiger partial charge in [-0.05, 0) is 34.1 Å². The van der Waals surface area contributed by atoms with E-state index in [0.717, 1.165) is 21.4 Å². The van der Waals surface area contributed by atoms with Gasteiger partial charge in [0.25, 0.3) is 0 Å². The smallest absolute Gasteiger partial charge is 0.243 e. The number of halogens is 1. The van der Waals surface area contributed by atoms with E-state index in [1.807, 2.05) is 36.5 Å². The highest BCUT2D eigenvalue weighted by atomic mass is 79.9. The Morgan fingerprint density at radius 2 is 2.15 bits per heavy atom. The minimum Gasteiger partial charge on any atom is -0.491 e. The van der Waals surface area contributed by atoms with Crippen LogP contribution in [0.25, 0.3) is 5.65 Å². The second kappa shape index (κ2) is 4.49. The van der Waals surface area contributed by atoms with E-state index in [2.05, 4.69) is 37.4 Å². The molecule has 0 spiro atoms. The Morgan fingerprint density at radius 1 is 1.25 bits per heavy atom. The molecule has 1 atom stereocenters. The molecule has 5 nitrogen and oxygen atoms in total. The quantitative estimate of drug-likeness (QED) is 0.784. The number of anilines is 1. The maximum Gasteiger partial charge on any atom is 0.243 e. The molecular formula is C14H11BrN4O. The lowest BCUT2D eigenvalue weighted by molar-refractivity contribution is 0.339. The van der Waals surface area contributed by atoms with Gasteiger partial charge in [-0.15, -0.1) is 5.10 Å². The average molecular weight is 331 g/mol. The largest absolute Gasteiger partial charge is 0.491 e. The van der Waals surface area contributed by atoms with Crippen LogP contribution in [0, 0.1) is 0 Å². The topological polar surface area (TPSA) is 51.5 Å². The third kappa shape index (κ3) is 1.84. The Bertz CT molecular complexity index is 786. The van der Waals surface area contributed by atoms with Crippen LogP contribution in [-0.4, -0.2) is 21.2 Å². The highest BCUT2D eigenvalue weighted by Crippen LogP contribution is 2.33. The molecule has 1 aromatic carbocycles. The van der Waals surface area contributed by atoms with Crippen LogP contribution in [0.15, 0.2) is 47.1 Å². The SMILES string of the molecule is Brc1cccn2nc(NC3COc4ccccc43)nc12. The summed E-state index contributed by atoms with van der Waals surface area (Å²) in [6, 6.07) is 12.0. The Balaban J connectivity index is 1.67. The van der Waals surface area contributed by atoms with Crippen molar-refractivity contribution in [3.05, 3.63) is 52.6 Å². The van der Waals surface area contributed by atoms with Crippen molar-refractivity contribution in [1.82, 2.24) is 14.6 Å². The van der Waals surface area contributed by atoms with E-state index in [-0.39, 0.29) is 6.04 Å². The molecule has 0 fully saturated rings. The first-order chi connectivity index (χ1) is 9.81. The van der Waals surface area contributed by atoms with E-state index >= 15 is 0 Å². The fourth-order valence-corrected chi connectivity index (χ4v) is 2.80. The molecule has 6 heteroatoms. The summed E-state index contributed by atoms with van der Waals surface area (Å²) in [4.78, 5) is 4.49. The van der Waals surface area contributed by atoms with Gasteiger partial charge in [0.2, 0.25) is 5.95 Å². The normalized spacial score (nSPS) is 16.9.